The molecular formula is C8H13ClN4. The van der Waals surface area contributed by atoms with Gasteiger partial charge in [0.05, 0.1) is 16.8 Å². The first-order valence-corrected chi connectivity index (χ1v) is 4.42. The lowest BCUT2D eigenvalue weighted by atomic mass is 10.2. The summed E-state index contributed by atoms with van der Waals surface area (Å²) in [5.41, 5.74) is 11.8. The van der Waals surface area contributed by atoms with E-state index >= 15 is 0 Å². The average molecular weight is 201 g/mol. The lowest BCUT2D eigenvalue weighted by Crippen LogP contribution is -2.36. The van der Waals surface area contributed by atoms with Crippen molar-refractivity contribution in [3.63, 3.8) is 0 Å². The zero-order chi connectivity index (χ0) is 9.68. The van der Waals surface area contributed by atoms with Crippen LogP contribution in [0.3, 0.4) is 0 Å². The molecule has 0 aliphatic carbocycles. The van der Waals surface area contributed by atoms with Crippen molar-refractivity contribution >= 4 is 17.3 Å². The molecule has 4 nitrogen and oxygen atoms in total. The van der Waals surface area contributed by atoms with Gasteiger partial charge in [-0.05, 0) is 6.07 Å². The third-order valence-corrected chi connectivity index (χ3v) is 2.00. The van der Waals surface area contributed by atoms with Crippen LogP contribution in [0, 0.1) is 0 Å². The first-order chi connectivity index (χ1) is 6.27. The molecule has 0 saturated carbocycles. The second-order valence-corrected chi connectivity index (χ2v) is 3.08. The Bertz CT molecular complexity index is 262. The Morgan fingerprint density at radius 3 is 2.69 bits per heavy atom. The van der Waals surface area contributed by atoms with Crippen LogP contribution in [0.2, 0.25) is 5.02 Å². The summed E-state index contributed by atoms with van der Waals surface area (Å²) >= 11 is 5.88. The first kappa shape index (κ1) is 10.2. The molecule has 0 spiro atoms. The summed E-state index contributed by atoms with van der Waals surface area (Å²) < 4.78 is 0. The van der Waals surface area contributed by atoms with E-state index < -0.39 is 0 Å². The molecule has 1 aromatic heterocycles. The molecule has 0 atom stereocenters. The van der Waals surface area contributed by atoms with Gasteiger partial charge in [-0.15, -0.1) is 0 Å². The molecule has 0 radical (unpaired) electrons. The quantitative estimate of drug-likeness (QED) is 0.659. The van der Waals surface area contributed by atoms with Crippen molar-refractivity contribution < 1.29 is 0 Å². The van der Waals surface area contributed by atoms with E-state index in [-0.39, 0.29) is 6.04 Å². The van der Waals surface area contributed by atoms with Gasteiger partial charge in [-0.1, -0.05) is 11.6 Å². The summed E-state index contributed by atoms with van der Waals surface area (Å²) in [6, 6.07) is 1.85. The Kier molecular flexibility index (Phi) is 3.95. The van der Waals surface area contributed by atoms with Gasteiger partial charge in [0.25, 0.3) is 0 Å². The number of anilines is 1. The Labute approximate surface area is 82.3 Å². The highest BCUT2D eigenvalue weighted by Crippen LogP contribution is 2.19. The van der Waals surface area contributed by atoms with Crippen molar-refractivity contribution in [1.82, 2.24) is 4.98 Å². The molecule has 0 amide bonds. The van der Waals surface area contributed by atoms with E-state index in [0.717, 1.165) is 5.69 Å². The Morgan fingerprint density at radius 1 is 1.46 bits per heavy atom. The summed E-state index contributed by atoms with van der Waals surface area (Å²) in [4.78, 5) is 3.87. The number of hydrogen-bond acceptors (Lipinski definition) is 4. The minimum absolute atomic E-state index is 0.0555. The third-order valence-electron chi connectivity index (χ3n) is 1.70. The van der Waals surface area contributed by atoms with Crippen LogP contribution in [-0.4, -0.2) is 24.1 Å². The molecule has 1 heterocycles. The Hall–Kier alpha value is -0.840. The maximum absolute atomic E-state index is 5.88. The van der Waals surface area contributed by atoms with Crippen LogP contribution in [0.1, 0.15) is 0 Å². The number of nitrogens with two attached hydrogens (primary N) is 2. The van der Waals surface area contributed by atoms with Gasteiger partial charge < -0.3 is 16.8 Å². The number of nitrogens with one attached hydrogen (secondary N) is 1. The maximum atomic E-state index is 5.88. The van der Waals surface area contributed by atoms with Gasteiger partial charge in [0, 0.05) is 25.5 Å². The number of aromatic nitrogens is 1. The molecule has 0 saturated heterocycles. The van der Waals surface area contributed by atoms with Crippen molar-refractivity contribution in [2.75, 3.05) is 18.4 Å². The highest BCUT2D eigenvalue weighted by atomic mass is 35.5. The number of pyridine rings is 1. The smallest absolute Gasteiger partial charge is 0.0820 e. The van der Waals surface area contributed by atoms with Crippen LogP contribution in [0.15, 0.2) is 18.5 Å². The van der Waals surface area contributed by atoms with Gasteiger partial charge in [0.1, 0.15) is 0 Å². The van der Waals surface area contributed by atoms with Crippen LogP contribution in [0.4, 0.5) is 5.69 Å². The summed E-state index contributed by atoms with van der Waals surface area (Å²) in [5, 5.41) is 3.70. The monoisotopic (exact) mass is 200 g/mol. The summed E-state index contributed by atoms with van der Waals surface area (Å²) in [6.45, 7) is 0.963. The van der Waals surface area contributed by atoms with Crippen molar-refractivity contribution in [2.24, 2.45) is 11.5 Å². The van der Waals surface area contributed by atoms with Crippen LogP contribution in [0.5, 0.6) is 0 Å². The Morgan fingerprint density at radius 2 is 2.15 bits per heavy atom. The van der Waals surface area contributed by atoms with Crippen LogP contribution < -0.4 is 16.8 Å². The second-order valence-electron chi connectivity index (χ2n) is 2.67. The van der Waals surface area contributed by atoms with Gasteiger partial charge >= 0.3 is 0 Å². The van der Waals surface area contributed by atoms with E-state index in [0.29, 0.717) is 18.1 Å². The number of nitrogens with zero attached hydrogens (tertiary/aromatic N) is 1. The van der Waals surface area contributed by atoms with Crippen molar-refractivity contribution in [3.8, 4) is 0 Å². The van der Waals surface area contributed by atoms with Crippen molar-refractivity contribution in [2.45, 2.75) is 6.04 Å². The van der Waals surface area contributed by atoms with Crippen molar-refractivity contribution in [1.29, 1.82) is 0 Å². The summed E-state index contributed by atoms with van der Waals surface area (Å²) in [6.07, 6.45) is 3.24. The fourth-order valence-electron chi connectivity index (χ4n) is 0.926. The molecule has 1 aromatic rings. The van der Waals surface area contributed by atoms with Crippen LogP contribution in [-0.2, 0) is 0 Å². The topological polar surface area (TPSA) is 77.0 Å². The van der Waals surface area contributed by atoms with Gasteiger partial charge in [-0.3, -0.25) is 4.98 Å². The highest BCUT2D eigenvalue weighted by Gasteiger charge is 2.05. The van der Waals surface area contributed by atoms with Crippen molar-refractivity contribution in [3.05, 3.63) is 23.5 Å². The number of halogens is 1. The molecule has 13 heavy (non-hydrogen) atoms. The summed E-state index contributed by atoms with van der Waals surface area (Å²) in [5.74, 6) is 0. The van der Waals surface area contributed by atoms with Gasteiger partial charge in [-0.2, -0.15) is 0 Å². The van der Waals surface area contributed by atoms with E-state index in [2.05, 4.69) is 10.3 Å². The van der Waals surface area contributed by atoms with E-state index in [1.165, 1.54) is 0 Å². The highest BCUT2D eigenvalue weighted by molar-refractivity contribution is 6.33. The largest absolute Gasteiger partial charge is 0.378 e. The van der Waals surface area contributed by atoms with E-state index in [1.54, 1.807) is 18.5 Å². The minimum atomic E-state index is 0.0555. The fraction of sp³-hybridized carbons (Fsp3) is 0.375. The number of hydrogen-bond donors (Lipinski definition) is 3. The average Bonchev–Trinajstić information content (AvgIpc) is 2.17. The van der Waals surface area contributed by atoms with Crippen LogP contribution >= 0.6 is 11.6 Å². The zero-order valence-electron chi connectivity index (χ0n) is 7.20. The van der Waals surface area contributed by atoms with E-state index in [4.69, 9.17) is 23.1 Å². The molecule has 0 aliphatic heterocycles. The predicted molar refractivity (Wildman–Crippen MR) is 54.8 cm³/mol. The SMILES string of the molecule is NCC(CN)Nc1ccncc1Cl. The van der Waals surface area contributed by atoms with Crippen LogP contribution in [0.25, 0.3) is 0 Å². The zero-order valence-corrected chi connectivity index (χ0v) is 7.96. The Balaban J connectivity index is 2.67. The fourth-order valence-corrected chi connectivity index (χ4v) is 1.10. The standard InChI is InChI=1S/C8H13ClN4/c9-7-5-12-2-1-8(7)13-6(3-10)4-11/h1-2,5-6H,3-4,10-11H2,(H,12,13). The molecule has 0 unspecified atom stereocenters. The second kappa shape index (κ2) is 5.01. The van der Waals surface area contributed by atoms with Gasteiger partial charge in [0.15, 0.2) is 0 Å². The third kappa shape index (κ3) is 2.84. The normalized spacial score (nSPS) is 10.5. The lowest BCUT2D eigenvalue weighted by molar-refractivity contribution is 0.737. The molecule has 1 rings (SSSR count). The molecule has 0 aromatic carbocycles. The molecule has 0 fully saturated rings. The molecule has 5 N–H and O–H groups in total. The maximum Gasteiger partial charge on any atom is 0.0820 e. The molecule has 0 aliphatic rings. The minimum Gasteiger partial charge on any atom is -0.378 e. The first-order valence-electron chi connectivity index (χ1n) is 4.04. The number of rotatable bonds is 4. The van der Waals surface area contributed by atoms with Gasteiger partial charge in [-0.25, -0.2) is 0 Å². The molecule has 5 heteroatoms. The van der Waals surface area contributed by atoms with Gasteiger partial charge in [0.2, 0.25) is 0 Å². The molecule has 0 bridgehead atoms. The predicted octanol–water partition coefficient (Wildman–Crippen LogP) is 0.433. The lowest BCUT2D eigenvalue weighted by Gasteiger charge is -2.16. The van der Waals surface area contributed by atoms with E-state index in [1.807, 2.05) is 0 Å². The van der Waals surface area contributed by atoms with E-state index in [9.17, 15) is 0 Å². The molecule has 72 valence electrons. The summed E-state index contributed by atoms with van der Waals surface area (Å²) in [7, 11) is 0. The molecular weight excluding hydrogens is 188 g/mol.